The summed E-state index contributed by atoms with van der Waals surface area (Å²) in [5, 5.41) is 41.0. The van der Waals surface area contributed by atoms with E-state index in [0.717, 1.165) is 6.20 Å². The third-order valence-corrected chi connectivity index (χ3v) is 3.31. The number of hydrogen-bond donors (Lipinski definition) is 5. The third kappa shape index (κ3) is 4.89. The molecule has 0 aromatic heterocycles. The first kappa shape index (κ1) is 20.3. The predicted molar refractivity (Wildman–Crippen MR) is 78.3 cm³/mol. The lowest BCUT2D eigenvalue weighted by atomic mass is 9.97. The lowest BCUT2D eigenvalue weighted by Crippen LogP contribution is -2.62. The van der Waals surface area contributed by atoms with Crippen molar-refractivity contribution in [1.29, 1.82) is 0 Å². The highest BCUT2D eigenvalue weighted by Crippen LogP contribution is 2.20. The summed E-state index contributed by atoms with van der Waals surface area (Å²) in [7, 11) is 0. The molecule has 10 nitrogen and oxygen atoms in total. The van der Waals surface area contributed by atoms with Crippen molar-refractivity contribution in [3.63, 3.8) is 0 Å². The van der Waals surface area contributed by atoms with Crippen LogP contribution >= 0.6 is 0 Å². The van der Waals surface area contributed by atoms with E-state index >= 15 is 0 Å². The van der Waals surface area contributed by atoms with Crippen LogP contribution in [0.5, 0.6) is 0 Å². The van der Waals surface area contributed by atoms with Gasteiger partial charge in [0.05, 0.1) is 19.8 Å². The van der Waals surface area contributed by atoms with Gasteiger partial charge in [0.15, 0.2) is 11.9 Å². The Morgan fingerprint density at radius 3 is 2.08 bits per heavy atom. The number of hydrogen-bond acceptors (Lipinski definition) is 10. The molecule has 1 rings (SSSR count). The molecule has 1 aliphatic rings. The highest BCUT2D eigenvalue weighted by atomic mass is 16.6. The van der Waals surface area contributed by atoms with Crippen molar-refractivity contribution in [3.05, 3.63) is 11.8 Å². The van der Waals surface area contributed by atoms with Gasteiger partial charge in [-0.1, -0.05) is 0 Å². The fraction of sp³-hybridized carbons (Fsp3) is 0.714. The van der Waals surface area contributed by atoms with Gasteiger partial charge in [0.25, 0.3) is 0 Å². The molecule has 24 heavy (non-hydrogen) atoms. The minimum absolute atomic E-state index is 0.0320. The van der Waals surface area contributed by atoms with Crippen molar-refractivity contribution in [2.24, 2.45) is 0 Å². The van der Waals surface area contributed by atoms with E-state index in [9.17, 15) is 24.9 Å². The Morgan fingerprint density at radius 2 is 1.62 bits per heavy atom. The Bertz CT molecular complexity index is 447. The zero-order valence-corrected chi connectivity index (χ0v) is 13.4. The number of nitrogens with one attached hydrogen (secondary N) is 1. The van der Waals surface area contributed by atoms with Crippen molar-refractivity contribution < 1.29 is 44.2 Å². The van der Waals surface area contributed by atoms with Crippen LogP contribution in [0.15, 0.2) is 11.8 Å². The average molecular weight is 349 g/mol. The van der Waals surface area contributed by atoms with Gasteiger partial charge < -0.3 is 40.0 Å². The number of carbonyl (C=O) groups excluding carboxylic acids is 2. The Hall–Kier alpha value is -1.72. The summed E-state index contributed by atoms with van der Waals surface area (Å²) < 4.78 is 14.4. The van der Waals surface area contributed by atoms with Gasteiger partial charge >= 0.3 is 11.9 Å². The summed E-state index contributed by atoms with van der Waals surface area (Å²) in [6.07, 6.45) is -4.83. The van der Waals surface area contributed by atoms with Crippen LogP contribution in [-0.2, 0) is 23.8 Å². The van der Waals surface area contributed by atoms with E-state index in [4.69, 9.17) is 19.3 Å². The first-order valence-electron chi connectivity index (χ1n) is 7.48. The number of esters is 2. The van der Waals surface area contributed by atoms with Crippen LogP contribution in [0.3, 0.4) is 0 Å². The minimum Gasteiger partial charge on any atom is -0.462 e. The summed E-state index contributed by atoms with van der Waals surface area (Å²) >= 11 is 0. The van der Waals surface area contributed by atoms with Gasteiger partial charge in [-0.3, -0.25) is 0 Å². The maximum Gasteiger partial charge on any atom is 0.347 e. The Balaban J connectivity index is 2.91. The maximum atomic E-state index is 11.8. The molecule has 0 saturated carbocycles. The Morgan fingerprint density at radius 1 is 1.08 bits per heavy atom. The van der Waals surface area contributed by atoms with Gasteiger partial charge in [-0.15, -0.1) is 0 Å². The number of ether oxygens (including phenoxy) is 3. The number of rotatable bonds is 7. The van der Waals surface area contributed by atoms with Gasteiger partial charge in [0, 0.05) is 6.20 Å². The van der Waals surface area contributed by atoms with E-state index in [1.165, 1.54) is 0 Å². The van der Waals surface area contributed by atoms with Crippen LogP contribution in [-0.4, -0.2) is 82.8 Å². The second-order valence-corrected chi connectivity index (χ2v) is 4.92. The second-order valence-electron chi connectivity index (χ2n) is 4.92. The standard InChI is InChI=1S/C14H23NO9/c1-3-22-12(19)7(13(20)23-4-2)5-15-9-11(18)10(17)8(6-16)24-14(9)21/h5,8-11,14-18,21H,3-4,6H2,1-2H3/t8-,9+,10-,11-,14+/m1/s1. The smallest absolute Gasteiger partial charge is 0.347 e. The fourth-order valence-corrected chi connectivity index (χ4v) is 2.08. The quantitative estimate of drug-likeness (QED) is 0.143. The molecule has 5 atom stereocenters. The van der Waals surface area contributed by atoms with E-state index < -0.39 is 54.8 Å². The molecular formula is C14H23NO9. The highest BCUT2D eigenvalue weighted by Gasteiger charge is 2.43. The molecule has 0 unspecified atom stereocenters. The van der Waals surface area contributed by atoms with Crippen LogP contribution in [0.1, 0.15) is 13.8 Å². The number of carbonyl (C=O) groups is 2. The molecule has 1 heterocycles. The molecule has 1 aliphatic heterocycles. The molecule has 0 aromatic rings. The van der Waals surface area contributed by atoms with Crippen LogP contribution in [0.2, 0.25) is 0 Å². The van der Waals surface area contributed by atoms with Gasteiger partial charge in [0.1, 0.15) is 24.4 Å². The molecule has 10 heteroatoms. The lowest BCUT2D eigenvalue weighted by Gasteiger charge is -2.40. The average Bonchev–Trinajstić information content (AvgIpc) is 2.54. The van der Waals surface area contributed by atoms with E-state index in [1.54, 1.807) is 13.8 Å². The summed E-state index contributed by atoms with van der Waals surface area (Å²) in [5.74, 6) is -1.89. The van der Waals surface area contributed by atoms with Crippen LogP contribution in [0, 0.1) is 0 Å². The van der Waals surface area contributed by atoms with Gasteiger partial charge in [-0.05, 0) is 13.8 Å². The van der Waals surface area contributed by atoms with Crippen molar-refractivity contribution in [2.45, 2.75) is 44.5 Å². The van der Waals surface area contributed by atoms with Gasteiger partial charge in [-0.2, -0.15) is 0 Å². The molecule has 138 valence electrons. The lowest BCUT2D eigenvalue weighted by molar-refractivity contribution is -0.252. The largest absolute Gasteiger partial charge is 0.462 e. The Labute approximate surface area is 138 Å². The third-order valence-electron chi connectivity index (χ3n) is 3.31. The van der Waals surface area contributed by atoms with Crippen molar-refractivity contribution in [3.8, 4) is 0 Å². The van der Waals surface area contributed by atoms with Crippen LogP contribution in [0.4, 0.5) is 0 Å². The number of aliphatic hydroxyl groups is 4. The molecule has 0 aliphatic carbocycles. The molecule has 1 fully saturated rings. The van der Waals surface area contributed by atoms with Crippen molar-refractivity contribution >= 4 is 11.9 Å². The molecule has 0 aromatic carbocycles. The molecule has 0 amide bonds. The summed E-state index contributed by atoms with van der Waals surface area (Å²) in [5.41, 5.74) is -0.475. The summed E-state index contributed by atoms with van der Waals surface area (Å²) in [6.45, 7) is 2.58. The first-order chi connectivity index (χ1) is 11.4. The molecular weight excluding hydrogens is 326 g/mol. The normalized spacial score (nSPS) is 29.5. The predicted octanol–water partition coefficient (Wildman–Crippen LogP) is -2.61. The maximum absolute atomic E-state index is 11.8. The van der Waals surface area contributed by atoms with E-state index in [-0.39, 0.29) is 13.2 Å². The fourth-order valence-electron chi connectivity index (χ4n) is 2.08. The molecule has 5 N–H and O–H groups in total. The number of aliphatic hydroxyl groups excluding tert-OH is 4. The molecule has 0 spiro atoms. The van der Waals surface area contributed by atoms with Crippen molar-refractivity contribution in [1.82, 2.24) is 5.32 Å². The van der Waals surface area contributed by atoms with E-state index in [0.29, 0.717) is 0 Å². The minimum atomic E-state index is -1.59. The van der Waals surface area contributed by atoms with Gasteiger partial charge in [0.2, 0.25) is 0 Å². The summed E-state index contributed by atoms with van der Waals surface area (Å²) in [4.78, 5) is 23.6. The van der Waals surface area contributed by atoms with E-state index in [1.807, 2.05) is 0 Å². The zero-order chi connectivity index (χ0) is 18.3. The highest BCUT2D eigenvalue weighted by molar-refractivity contribution is 6.13. The zero-order valence-electron chi connectivity index (χ0n) is 13.4. The molecule has 0 bridgehead atoms. The molecule has 1 saturated heterocycles. The monoisotopic (exact) mass is 349 g/mol. The van der Waals surface area contributed by atoms with Crippen LogP contribution in [0.25, 0.3) is 0 Å². The van der Waals surface area contributed by atoms with Crippen molar-refractivity contribution in [2.75, 3.05) is 19.8 Å². The van der Waals surface area contributed by atoms with E-state index in [2.05, 4.69) is 5.32 Å². The topological polar surface area (TPSA) is 155 Å². The summed E-state index contributed by atoms with van der Waals surface area (Å²) in [6, 6.07) is -1.25. The van der Waals surface area contributed by atoms with Crippen LogP contribution < -0.4 is 5.32 Å². The van der Waals surface area contributed by atoms with Gasteiger partial charge in [-0.25, -0.2) is 9.59 Å². The first-order valence-corrected chi connectivity index (χ1v) is 7.48. The SMILES string of the molecule is CCOC(=O)C(=CN[C@H]1[C@@H](O)[C@H](O)[C@@H](CO)O[C@@H]1O)C(=O)OCC. The Kier molecular flexibility index (Phi) is 8.08. The second kappa shape index (κ2) is 9.55. The molecule has 0 radical (unpaired) electrons.